The van der Waals surface area contributed by atoms with Gasteiger partial charge in [0.1, 0.15) is 17.5 Å². The number of para-hydroxylation sites is 1. The van der Waals surface area contributed by atoms with Crippen LogP contribution < -0.4 is 4.74 Å². The number of hydrogen-bond acceptors (Lipinski definition) is 3. The van der Waals surface area contributed by atoms with Gasteiger partial charge in [-0.25, -0.2) is 4.98 Å². The predicted octanol–water partition coefficient (Wildman–Crippen LogP) is 2.77. The van der Waals surface area contributed by atoms with Gasteiger partial charge in [0, 0.05) is 12.7 Å². The molecule has 3 rings (SSSR count). The Bertz CT molecular complexity index is 645. The summed E-state index contributed by atoms with van der Waals surface area (Å²) in [6, 6.07) is 10.9. The molecule has 1 aromatic heterocycles. The van der Waals surface area contributed by atoms with Gasteiger partial charge < -0.3 is 9.64 Å². The second kappa shape index (κ2) is 5.51. The number of rotatable bonds is 2. The molecule has 1 aromatic carbocycles. The number of hydrogen-bond donors (Lipinski definition) is 0. The van der Waals surface area contributed by atoms with Crippen molar-refractivity contribution in [3.63, 3.8) is 0 Å². The Labute approximate surface area is 122 Å². The third kappa shape index (κ3) is 2.60. The summed E-state index contributed by atoms with van der Waals surface area (Å²) >= 11 is 5.87. The lowest BCUT2D eigenvalue weighted by Gasteiger charge is -2.19. The fraction of sp³-hybridized carbons (Fsp3) is 0.200. The molecule has 0 atom stereocenters. The van der Waals surface area contributed by atoms with Crippen molar-refractivity contribution < 1.29 is 9.53 Å². The molecule has 0 unspecified atom stereocenters. The van der Waals surface area contributed by atoms with Gasteiger partial charge in [0.05, 0.1) is 12.1 Å². The summed E-state index contributed by atoms with van der Waals surface area (Å²) in [6.45, 7) is 1.54. The van der Waals surface area contributed by atoms with E-state index in [-0.39, 0.29) is 5.91 Å². The van der Waals surface area contributed by atoms with Crippen LogP contribution in [0.5, 0.6) is 5.75 Å². The second-order valence-electron chi connectivity index (χ2n) is 4.56. The first-order valence-corrected chi connectivity index (χ1v) is 6.73. The number of fused-ring (bicyclic) bond motifs is 1. The molecule has 5 heteroatoms. The van der Waals surface area contributed by atoms with Gasteiger partial charge in [-0.2, -0.15) is 0 Å². The lowest BCUT2D eigenvalue weighted by molar-refractivity contribution is 0.0743. The monoisotopic (exact) mass is 288 g/mol. The zero-order valence-corrected chi connectivity index (χ0v) is 11.5. The number of carbonyl (C=O) groups excluding carboxylic acids is 1. The van der Waals surface area contributed by atoms with E-state index in [4.69, 9.17) is 16.3 Å². The van der Waals surface area contributed by atoms with E-state index >= 15 is 0 Å². The zero-order chi connectivity index (χ0) is 13.9. The maximum Gasteiger partial charge on any atom is 0.258 e. The summed E-state index contributed by atoms with van der Waals surface area (Å²) in [7, 11) is 0. The molecule has 0 bridgehead atoms. The molecule has 20 heavy (non-hydrogen) atoms. The van der Waals surface area contributed by atoms with Crippen LogP contribution >= 0.6 is 11.6 Å². The number of halogens is 1. The predicted molar refractivity (Wildman–Crippen MR) is 75.9 cm³/mol. The number of amides is 1. The van der Waals surface area contributed by atoms with Gasteiger partial charge in [-0.05, 0) is 29.8 Å². The molecule has 0 saturated heterocycles. The van der Waals surface area contributed by atoms with E-state index in [1.807, 2.05) is 24.3 Å². The minimum absolute atomic E-state index is 0.0222. The number of benzene rings is 1. The first kappa shape index (κ1) is 12.9. The van der Waals surface area contributed by atoms with E-state index in [1.54, 1.807) is 23.2 Å². The Morgan fingerprint density at radius 2 is 2.15 bits per heavy atom. The fourth-order valence-electron chi connectivity index (χ4n) is 2.22. The number of carbonyl (C=O) groups is 1. The van der Waals surface area contributed by atoms with Crippen molar-refractivity contribution in [1.82, 2.24) is 9.88 Å². The van der Waals surface area contributed by atoms with Crippen molar-refractivity contribution in [3.05, 3.63) is 58.9 Å². The van der Waals surface area contributed by atoms with Gasteiger partial charge in [0.15, 0.2) is 0 Å². The molecular weight excluding hydrogens is 276 g/mol. The Balaban J connectivity index is 1.86. The third-order valence-corrected chi connectivity index (χ3v) is 3.39. The van der Waals surface area contributed by atoms with Crippen molar-refractivity contribution in [2.45, 2.75) is 6.54 Å². The van der Waals surface area contributed by atoms with Gasteiger partial charge in [-0.3, -0.25) is 4.79 Å². The lowest BCUT2D eigenvalue weighted by Crippen LogP contribution is -2.31. The van der Waals surface area contributed by atoms with E-state index in [0.717, 1.165) is 5.56 Å². The van der Waals surface area contributed by atoms with Crippen LogP contribution in [0, 0.1) is 0 Å². The second-order valence-corrected chi connectivity index (χ2v) is 4.95. The largest absolute Gasteiger partial charge is 0.491 e. The standard InChI is InChI=1S/C15H13ClN2O2/c16-14-9-11(5-6-17-14)10-18-7-8-20-13-4-2-1-3-12(13)15(18)19/h1-6,9H,7-8,10H2. The lowest BCUT2D eigenvalue weighted by atomic mass is 10.1. The fourth-order valence-corrected chi connectivity index (χ4v) is 2.42. The van der Waals surface area contributed by atoms with E-state index in [9.17, 15) is 4.79 Å². The highest BCUT2D eigenvalue weighted by Crippen LogP contribution is 2.23. The summed E-state index contributed by atoms with van der Waals surface area (Å²) in [5.74, 6) is 0.624. The van der Waals surface area contributed by atoms with Crippen molar-refractivity contribution in [2.75, 3.05) is 13.2 Å². The van der Waals surface area contributed by atoms with Crippen LogP contribution in [0.1, 0.15) is 15.9 Å². The smallest absolute Gasteiger partial charge is 0.258 e. The molecule has 0 saturated carbocycles. The summed E-state index contributed by atoms with van der Waals surface area (Å²) in [4.78, 5) is 18.2. The molecule has 2 heterocycles. The van der Waals surface area contributed by atoms with Crippen LogP contribution in [0.4, 0.5) is 0 Å². The average Bonchev–Trinajstić information content (AvgIpc) is 2.60. The van der Waals surface area contributed by atoms with E-state index < -0.39 is 0 Å². The number of aromatic nitrogens is 1. The van der Waals surface area contributed by atoms with E-state index in [1.165, 1.54) is 0 Å². The van der Waals surface area contributed by atoms with Crippen LogP contribution in [0.3, 0.4) is 0 Å². The molecule has 0 spiro atoms. The molecule has 0 radical (unpaired) electrons. The summed E-state index contributed by atoms with van der Waals surface area (Å²) in [5, 5.41) is 0.432. The summed E-state index contributed by atoms with van der Waals surface area (Å²) < 4.78 is 5.61. The maximum atomic E-state index is 12.5. The van der Waals surface area contributed by atoms with Crippen LogP contribution in [-0.2, 0) is 6.54 Å². The molecule has 4 nitrogen and oxygen atoms in total. The summed E-state index contributed by atoms with van der Waals surface area (Å²) in [6.07, 6.45) is 1.64. The highest BCUT2D eigenvalue weighted by molar-refractivity contribution is 6.29. The van der Waals surface area contributed by atoms with Crippen molar-refractivity contribution in [1.29, 1.82) is 0 Å². The Morgan fingerprint density at radius 1 is 1.30 bits per heavy atom. The molecule has 1 aliphatic heterocycles. The van der Waals surface area contributed by atoms with E-state index in [2.05, 4.69) is 4.98 Å². The number of nitrogens with zero attached hydrogens (tertiary/aromatic N) is 2. The first-order valence-electron chi connectivity index (χ1n) is 6.35. The van der Waals surface area contributed by atoms with Crippen LogP contribution in [0.2, 0.25) is 5.15 Å². The summed E-state index contributed by atoms with van der Waals surface area (Å²) in [5.41, 5.74) is 1.56. The van der Waals surface area contributed by atoms with Gasteiger partial charge in [-0.15, -0.1) is 0 Å². The number of pyridine rings is 1. The van der Waals surface area contributed by atoms with Gasteiger partial charge in [0.2, 0.25) is 0 Å². The topological polar surface area (TPSA) is 42.4 Å². The molecule has 102 valence electrons. The molecule has 0 aliphatic carbocycles. The van der Waals surface area contributed by atoms with Crippen LogP contribution in [0.15, 0.2) is 42.6 Å². The van der Waals surface area contributed by atoms with Gasteiger partial charge >= 0.3 is 0 Å². The van der Waals surface area contributed by atoms with Crippen molar-refractivity contribution >= 4 is 17.5 Å². The molecule has 1 amide bonds. The van der Waals surface area contributed by atoms with Gasteiger partial charge in [0.25, 0.3) is 5.91 Å². The Morgan fingerprint density at radius 3 is 3.00 bits per heavy atom. The van der Waals surface area contributed by atoms with Crippen molar-refractivity contribution in [2.24, 2.45) is 0 Å². The highest BCUT2D eigenvalue weighted by Gasteiger charge is 2.23. The minimum Gasteiger partial charge on any atom is -0.491 e. The molecule has 0 fully saturated rings. The highest BCUT2D eigenvalue weighted by atomic mass is 35.5. The minimum atomic E-state index is -0.0222. The Hall–Kier alpha value is -2.07. The first-order chi connectivity index (χ1) is 9.74. The van der Waals surface area contributed by atoms with E-state index in [0.29, 0.717) is 36.2 Å². The molecule has 0 N–H and O–H groups in total. The van der Waals surface area contributed by atoms with Crippen LogP contribution in [-0.4, -0.2) is 28.9 Å². The molecular formula is C15H13ClN2O2. The van der Waals surface area contributed by atoms with Crippen molar-refractivity contribution in [3.8, 4) is 5.75 Å². The Kier molecular flexibility index (Phi) is 3.56. The number of ether oxygens (including phenoxy) is 1. The quantitative estimate of drug-likeness (QED) is 0.798. The third-order valence-electron chi connectivity index (χ3n) is 3.19. The zero-order valence-electron chi connectivity index (χ0n) is 10.8. The SMILES string of the molecule is O=C1c2ccccc2OCCN1Cc1ccnc(Cl)c1. The van der Waals surface area contributed by atoms with Gasteiger partial charge in [-0.1, -0.05) is 23.7 Å². The molecule has 2 aromatic rings. The van der Waals surface area contributed by atoms with Crippen LogP contribution in [0.25, 0.3) is 0 Å². The maximum absolute atomic E-state index is 12.5. The normalized spacial score (nSPS) is 14.4. The molecule has 1 aliphatic rings. The average molecular weight is 289 g/mol.